The molecule has 0 fully saturated rings. The zero-order valence-electron chi connectivity index (χ0n) is 21.5. The van der Waals surface area contributed by atoms with Gasteiger partial charge in [0.1, 0.15) is 18.3 Å². The molecule has 10 heteroatoms. The molecular weight excluding hydrogens is 468 g/mol. The molecule has 1 aliphatic heterocycles. The van der Waals surface area contributed by atoms with E-state index in [-0.39, 0.29) is 18.4 Å². The third kappa shape index (κ3) is 7.25. The highest BCUT2D eigenvalue weighted by atomic mass is 35.5. The second-order valence-electron chi connectivity index (χ2n) is 9.23. The topological polar surface area (TPSA) is 83.8 Å². The van der Waals surface area contributed by atoms with E-state index in [0.717, 1.165) is 36.6 Å². The maximum Gasteiger partial charge on any atom is 0.252 e. The fourth-order valence-corrected chi connectivity index (χ4v) is 4.61. The highest BCUT2D eigenvalue weighted by Gasteiger charge is 2.24. The summed E-state index contributed by atoms with van der Waals surface area (Å²) in [5.41, 5.74) is 1.62. The number of nitrogens with zero attached hydrogens (tertiary/aromatic N) is 6. The van der Waals surface area contributed by atoms with Gasteiger partial charge in [0.25, 0.3) is 5.91 Å². The van der Waals surface area contributed by atoms with Crippen LogP contribution in [0.3, 0.4) is 0 Å². The quantitative estimate of drug-likeness (QED) is 0.601. The van der Waals surface area contributed by atoms with Crippen LogP contribution in [0.25, 0.3) is 0 Å². The Morgan fingerprint density at radius 3 is 2.54 bits per heavy atom. The van der Waals surface area contributed by atoms with Gasteiger partial charge in [0.05, 0.1) is 12.2 Å². The number of rotatable bonds is 6. The van der Waals surface area contributed by atoms with Crippen molar-refractivity contribution in [2.75, 3.05) is 44.8 Å². The number of benzene rings is 1. The van der Waals surface area contributed by atoms with E-state index >= 15 is 0 Å². The molecule has 0 aliphatic carbocycles. The largest absolute Gasteiger partial charge is 0.375 e. The molecule has 0 unspecified atom stereocenters. The lowest BCUT2D eigenvalue weighted by molar-refractivity contribution is -0.132. The minimum absolute atomic E-state index is 0.0147. The number of anilines is 1. The first-order chi connectivity index (χ1) is 16.7. The monoisotopic (exact) mass is 504 g/mol. The van der Waals surface area contributed by atoms with Crippen molar-refractivity contribution in [3.63, 3.8) is 0 Å². The van der Waals surface area contributed by atoms with E-state index in [4.69, 9.17) is 16.3 Å². The first kappa shape index (κ1) is 27.1. The second kappa shape index (κ2) is 12.5. The van der Waals surface area contributed by atoms with Crippen molar-refractivity contribution in [2.45, 2.75) is 59.7 Å². The molecule has 192 valence electrons. The average molecular weight is 505 g/mol. The molecule has 1 aromatic heterocycles. The standard InChI is InChI=1S/C25H37ClN6O3/c1-18(2)29-10-6-11-31(25(34)17-35-5)23-15-22(26)8-7-21(23)16-30(14-13-29)24(33)9-12-32-20(4)27-19(3)28-32/h7-8,15,18H,6,9-14,16-17H2,1-5H3. The summed E-state index contributed by atoms with van der Waals surface area (Å²) >= 11 is 6.35. The van der Waals surface area contributed by atoms with E-state index < -0.39 is 0 Å². The molecule has 35 heavy (non-hydrogen) atoms. The van der Waals surface area contributed by atoms with Gasteiger partial charge in [-0.2, -0.15) is 5.10 Å². The van der Waals surface area contributed by atoms with Crippen LogP contribution in [0.4, 0.5) is 5.69 Å². The lowest BCUT2D eigenvalue weighted by Crippen LogP contribution is -2.41. The van der Waals surface area contributed by atoms with E-state index in [2.05, 4.69) is 28.8 Å². The van der Waals surface area contributed by atoms with E-state index in [1.807, 2.05) is 36.9 Å². The Morgan fingerprint density at radius 1 is 1.11 bits per heavy atom. The summed E-state index contributed by atoms with van der Waals surface area (Å²) in [7, 11) is 1.52. The molecule has 1 aromatic carbocycles. The lowest BCUT2D eigenvalue weighted by Gasteiger charge is -2.30. The third-order valence-electron chi connectivity index (χ3n) is 6.34. The van der Waals surface area contributed by atoms with Gasteiger partial charge in [0, 0.05) is 57.3 Å². The maximum absolute atomic E-state index is 13.4. The summed E-state index contributed by atoms with van der Waals surface area (Å²) in [6.45, 7) is 11.6. The van der Waals surface area contributed by atoms with E-state index in [9.17, 15) is 9.59 Å². The molecule has 9 nitrogen and oxygen atoms in total. The van der Waals surface area contributed by atoms with Crippen LogP contribution in [0.2, 0.25) is 5.02 Å². The fraction of sp³-hybridized carbons (Fsp3) is 0.600. The summed E-state index contributed by atoms with van der Waals surface area (Å²) in [5.74, 6) is 1.41. The Morgan fingerprint density at radius 2 is 1.89 bits per heavy atom. The highest BCUT2D eigenvalue weighted by molar-refractivity contribution is 6.31. The highest BCUT2D eigenvalue weighted by Crippen LogP contribution is 2.28. The van der Waals surface area contributed by atoms with Gasteiger partial charge in [-0.05, 0) is 51.8 Å². The number of halogens is 1. The number of carbonyl (C=O) groups excluding carboxylic acids is 2. The van der Waals surface area contributed by atoms with E-state index in [1.165, 1.54) is 7.11 Å². The number of aryl methyl sites for hydroxylation is 3. The molecule has 2 amide bonds. The number of ether oxygens (including phenoxy) is 1. The van der Waals surface area contributed by atoms with Crippen LogP contribution >= 0.6 is 11.6 Å². The van der Waals surface area contributed by atoms with Gasteiger partial charge in [-0.25, -0.2) is 9.67 Å². The fourth-order valence-electron chi connectivity index (χ4n) is 4.44. The zero-order valence-corrected chi connectivity index (χ0v) is 22.2. The number of methoxy groups -OCH3 is 1. The molecule has 0 bridgehead atoms. The smallest absolute Gasteiger partial charge is 0.252 e. The van der Waals surface area contributed by atoms with E-state index in [0.29, 0.717) is 49.5 Å². The molecule has 0 N–H and O–H groups in total. The van der Waals surface area contributed by atoms with Gasteiger partial charge in [-0.1, -0.05) is 17.7 Å². The van der Waals surface area contributed by atoms with Crippen molar-refractivity contribution in [3.05, 3.63) is 40.4 Å². The Balaban J connectivity index is 1.91. The van der Waals surface area contributed by atoms with Crippen LogP contribution in [0.1, 0.15) is 43.9 Å². The van der Waals surface area contributed by atoms with Gasteiger partial charge in [0.15, 0.2) is 0 Å². The van der Waals surface area contributed by atoms with Crippen molar-refractivity contribution < 1.29 is 14.3 Å². The molecule has 2 heterocycles. The number of hydrogen-bond donors (Lipinski definition) is 0. The SMILES string of the molecule is COCC(=O)N1CCCN(C(C)C)CCN(C(=O)CCn2nc(C)nc2C)Cc2ccc(Cl)cc21. The summed E-state index contributed by atoms with van der Waals surface area (Å²) in [4.78, 5) is 36.7. The summed E-state index contributed by atoms with van der Waals surface area (Å²) in [5, 5.41) is 4.93. The number of fused-ring (bicyclic) bond motifs is 1. The van der Waals surface area contributed by atoms with Crippen molar-refractivity contribution >= 4 is 29.1 Å². The molecule has 0 saturated carbocycles. The van der Waals surface area contributed by atoms with Gasteiger partial charge in [-0.15, -0.1) is 0 Å². The van der Waals surface area contributed by atoms with Crippen molar-refractivity contribution in [1.29, 1.82) is 0 Å². The minimum Gasteiger partial charge on any atom is -0.375 e. The zero-order chi connectivity index (χ0) is 25.5. The van der Waals surface area contributed by atoms with Gasteiger partial charge >= 0.3 is 0 Å². The van der Waals surface area contributed by atoms with Gasteiger partial charge in [-0.3, -0.25) is 14.5 Å². The molecular formula is C25H37ClN6O3. The molecule has 0 spiro atoms. The Bertz CT molecular complexity index is 1020. The Labute approximate surface area is 213 Å². The maximum atomic E-state index is 13.4. The molecule has 2 aromatic rings. The average Bonchev–Trinajstić information content (AvgIpc) is 3.11. The predicted octanol–water partition coefficient (Wildman–Crippen LogP) is 3.06. The van der Waals surface area contributed by atoms with E-state index in [1.54, 1.807) is 9.58 Å². The van der Waals surface area contributed by atoms with Crippen LogP contribution in [-0.4, -0.2) is 82.3 Å². The molecule has 0 radical (unpaired) electrons. The van der Waals surface area contributed by atoms with Crippen LogP contribution in [0.15, 0.2) is 18.2 Å². The van der Waals surface area contributed by atoms with Crippen LogP contribution < -0.4 is 4.90 Å². The van der Waals surface area contributed by atoms with Crippen molar-refractivity contribution in [2.24, 2.45) is 0 Å². The summed E-state index contributed by atoms with van der Waals surface area (Å²) in [6.07, 6.45) is 1.12. The first-order valence-electron chi connectivity index (χ1n) is 12.2. The molecule has 1 aliphatic rings. The van der Waals surface area contributed by atoms with Crippen LogP contribution in [-0.2, 0) is 27.4 Å². The Hall–Kier alpha value is -2.49. The van der Waals surface area contributed by atoms with Crippen molar-refractivity contribution in [3.8, 4) is 0 Å². The molecule has 0 saturated heterocycles. The summed E-state index contributed by atoms with van der Waals surface area (Å²) < 4.78 is 6.92. The molecule has 0 atom stereocenters. The Kier molecular flexibility index (Phi) is 9.65. The summed E-state index contributed by atoms with van der Waals surface area (Å²) in [6, 6.07) is 5.86. The second-order valence-corrected chi connectivity index (χ2v) is 9.67. The van der Waals surface area contributed by atoms with Gasteiger partial charge in [0.2, 0.25) is 5.91 Å². The van der Waals surface area contributed by atoms with Crippen LogP contribution in [0.5, 0.6) is 0 Å². The lowest BCUT2D eigenvalue weighted by atomic mass is 10.1. The number of amides is 2. The minimum atomic E-state index is -0.124. The normalized spacial score (nSPS) is 15.7. The van der Waals surface area contributed by atoms with Crippen molar-refractivity contribution in [1.82, 2.24) is 24.6 Å². The third-order valence-corrected chi connectivity index (χ3v) is 6.57. The predicted molar refractivity (Wildman–Crippen MR) is 137 cm³/mol. The first-order valence-corrected chi connectivity index (χ1v) is 12.5. The van der Waals surface area contributed by atoms with Crippen LogP contribution in [0, 0.1) is 13.8 Å². The number of hydrogen-bond acceptors (Lipinski definition) is 6. The number of carbonyl (C=O) groups is 2. The number of aromatic nitrogens is 3. The molecule has 3 rings (SSSR count). The van der Waals surface area contributed by atoms with Gasteiger partial charge < -0.3 is 14.5 Å².